The van der Waals surface area contributed by atoms with E-state index in [9.17, 15) is 9.18 Å². The highest BCUT2D eigenvalue weighted by atomic mass is 19.1. The Kier molecular flexibility index (Phi) is 3.58. The van der Waals surface area contributed by atoms with Gasteiger partial charge in [0, 0.05) is 18.3 Å². The van der Waals surface area contributed by atoms with E-state index in [0.717, 1.165) is 25.5 Å². The monoisotopic (exact) mass is 238 g/mol. The number of benzene rings is 1. The zero-order valence-corrected chi connectivity index (χ0v) is 9.37. The predicted molar refractivity (Wildman–Crippen MR) is 62.3 cm³/mol. The molecule has 1 aromatic carbocycles. The molecular weight excluding hydrogens is 223 g/mol. The molecule has 0 bridgehead atoms. The van der Waals surface area contributed by atoms with Gasteiger partial charge in [-0.3, -0.25) is 4.79 Å². The standard InChI is InChI=1S/C12H15FN2O2/c13-10-6-9(3-4-11(10)16)15-12(17)8-2-1-5-14-7-8/h3-4,6,8,14,16H,1-2,5,7H2,(H,15,17)/t8-/m1/s1. The number of piperidine rings is 1. The van der Waals surface area contributed by atoms with E-state index >= 15 is 0 Å². The second-order valence-electron chi connectivity index (χ2n) is 4.20. The van der Waals surface area contributed by atoms with Gasteiger partial charge in [-0.25, -0.2) is 4.39 Å². The summed E-state index contributed by atoms with van der Waals surface area (Å²) >= 11 is 0. The van der Waals surface area contributed by atoms with Crippen LogP contribution in [-0.4, -0.2) is 24.1 Å². The van der Waals surface area contributed by atoms with Crippen molar-refractivity contribution < 1.29 is 14.3 Å². The summed E-state index contributed by atoms with van der Waals surface area (Å²) in [5.74, 6) is -1.32. The summed E-state index contributed by atoms with van der Waals surface area (Å²) in [7, 11) is 0. The second kappa shape index (κ2) is 5.14. The molecule has 1 aromatic rings. The number of hydrogen-bond donors (Lipinski definition) is 3. The largest absolute Gasteiger partial charge is 0.505 e. The molecule has 1 saturated heterocycles. The summed E-state index contributed by atoms with van der Waals surface area (Å²) in [5, 5.41) is 14.8. The van der Waals surface area contributed by atoms with Crippen molar-refractivity contribution in [3.8, 4) is 5.75 Å². The molecule has 1 amide bonds. The predicted octanol–water partition coefficient (Wildman–Crippen LogP) is 1.47. The lowest BCUT2D eigenvalue weighted by atomic mass is 9.99. The van der Waals surface area contributed by atoms with Gasteiger partial charge in [-0.2, -0.15) is 0 Å². The lowest BCUT2D eigenvalue weighted by Gasteiger charge is -2.21. The molecule has 1 aliphatic heterocycles. The van der Waals surface area contributed by atoms with Crippen LogP contribution in [0, 0.1) is 11.7 Å². The van der Waals surface area contributed by atoms with E-state index in [-0.39, 0.29) is 11.8 Å². The lowest BCUT2D eigenvalue weighted by Crippen LogP contribution is -2.37. The molecule has 1 aliphatic rings. The first-order chi connectivity index (χ1) is 8.16. The van der Waals surface area contributed by atoms with Crippen LogP contribution in [0.2, 0.25) is 0 Å². The molecule has 0 unspecified atom stereocenters. The summed E-state index contributed by atoms with van der Waals surface area (Å²) in [5.41, 5.74) is 0.371. The number of phenols is 1. The van der Waals surface area contributed by atoms with E-state index in [0.29, 0.717) is 12.2 Å². The Morgan fingerprint density at radius 3 is 3.00 bits per heavy atom. The van der Waals surface area contributed by atoms with E-state index < -0.39 is 11.6 Å². The van der Waals surface area contributed by atoms with Crippen molar-refractivity contribution in [2.24, 2.45) is 5.92 Å². The van der Waals surface area contributed by atoms with Crippen LogP contribution in [0.4, 0.5) is 10.1 Å². The topological polar surface area (TPSA) is 61.4 Å². The molecule has 0 saturated carbocycles. The van der Waals surface area contributed by atoms with Crippen LogP contribution in [0.5, 0.6) is 5.75 Å². The number of amides is 1. The van der Waals surface area contributed by atoms with Gasteiger partial charge >= 0.3 is 0 Å². The Morgan fingerprint density at radius 1 is 1.53 bits per heavy atom. The number of carbonyl (C=O) groups is 1. The van der Waals surface area contributed by atoms with E-state index in [1.807, 2.05) is 0 Å². The van der Waals surface area contributed by atoms with Crippen LogP contribution in [-0.2, 0) is 4.79 Å². The minimum absolute atomic E-state index is 0.0689. The van der Waals surface area contributed by atoms with Crippen LogP contribution < -0.4 is 10.6 Å². The van der Waals surface area contributed by atoms with Crippen molar-refractivity contribution in [1.29, 1.82) is 0 Å². The number of hydrogen-bond acceptors (Lipinski definition) is 3. The maximum absolute atomic E-state index is 13.1. The highest BCUT2D eigenvalue weighted by molar-refractivity contribution is 5.92. The Balaban J connectivity index is 1.99. The molecule has 4 nitrogen and oxygen atoms in total. The minimum Gasteiger partial charge on any atom is -0.505 e. The number of phenolic OH excluding ortho intramolecular Hbond substituents is 1. The average molecular weight is 238 g/mol. The fraction of sp³-hybridized carbons (Fsp3) is 0.417. The zero-order chi connectivity index (χ0) is 12.3. The highest BCUT2D eigenvalue weighted by Gasteiger charge is 2.20. The normalized spacial score (nSPS) is 19.9. The third-order valence-corrected chi connectivity index (χ3v) is 2.88. The molecule has 0 aliphatic carbocycles. The van der Waals surface area contributed by atoms with Gasteiger partial charge in [-0.05, 0) is 31.5 Å². The molecular formula is C12H15FN2O2. The molecule has 1 heterocycles. The molecule has 0 aromatic heterocycles. The van der Waals surface area contributed by atoms with Crippen molar-refractivity contribution in [3.63, 3.8) is 0 Å². The van der Waals surface area contributed by atoms with Gasteiger partial charge in [-0.1, -0.05) is 0 Å². The SMILES string of the molecule is O=C(Nc1ccc(O)c(F)c1)[C@@H]1CCCNC1. The number of anilines is 1. The van der Waals surface area contributed by atoms with Crippen molar-refractivity contribution in [1.82, 2.24) is 5.32 Å². The first kappa shape index (κ1) is 11.9. The first-order valence-electron chi connectivity index (χ1n) is 5.67. The number of nitrogens with one attached hydrogen (secondary N) is 2. The molecule has 3 N–H and O–H groups in total. The van der Waals surface area contributed by atoms with Crippen molar-refractivity contribution in [2.75, 3.05) is 18.4 Å². The van der Waals surface area contributed by atoms with Gasteiger partial charge in [0.25, 0.3) is 0 Å². The van der Waals surface area contributed by atoms with Crippen LogP contribution in [0.1, 0.15) is 12.8 Å². The number of aromatic hydroxyl groups is 1. The third-order valence-electron chi connectivity index (χ3n) is 2.88. The lowest BCUT2D eigenvalue weighted by molar-refractivity contribution is -0.120. The second-order valence-corrected chi connectivity index (χ2v) is 4.20. The van der Waals surface area contributed by atoms with Crippen molar-refractivity contribution >= 4 is 11.6 Å². The molecule has 2 rings (SSSR count). The van der Waals surface area contributed by atoms with E-state index in [4.69, 9.17) is 5.11 Å². The molecule has 17 heavy (non-hydrogen) atoms. The zero-order valence-electron chi connectivity index (χ0n) is 9.37. The summed E-state index contributed by atoms with van der Waals surface area (Å²) in [6.45, 7) is 1.60. The Hall–Kier alpha value is -1.62. The number of halogens is 1. The molecule has 5 heteroatoms. The van der Waals surface area contributed by atoms with E-state index in [1.54, 1.807) is 0 Å². The Bertz CT molecular complexity index is 417. The van der Waals surface area contributed by atoms with Gasteiger partial charge < -0.3 is 15.7 Å². The molecule has 1 atom stereocenters. The van der Waals surface area contributed by atoms with E-state index in [1.165, 1.54) is 12.1 Å². The Morgan fingerprint density at radius 2 is 2.35 bits per heavy atom. The fourth-order valence-corrected chi connectivity index (χ4v) is 1.90. The van der Waals surface area contributed by atoms with Crippen LogP contribution in [0.3, 0.4) is 0 Å². The average Bonchev–Trinajstić information content (AvgIpc) is 2.35. The van der Waals surface area contributed by atoms with Crippen LogP contribution >= 0.6 is 0 Å². The Labute approximate surface area is 98.8 Å². The summed E-state index contributed by atoms with van der Waals surface area (Å²) in [6.07, 6.45) is 1.82. The first-order valence-corrected chi connectivity index (χ1v) is 5.67. The fourth-order valence-electron chi connectivity index (χ4n) is 1.90. The summed E-state index contributed by atoms with van der Waals surface area (Å²) in [6, 6.07) is 3.82. The number of carbonyl (C=O) groups excluding carboxylic acids is 1. The van der Waals surface area contributed by atoms with E-state index in [2.05, 4.69) is 10.6 Å². The molecule has 92 valence electrons. The van der Waals surface area contributed by atoms with Gasteiger partial charge in [0.15, 0.2) is 11.6 Å². The molecule has 0 radical (unpaired) electrons. The minimum atomic E-state index is -0.732. The maximum atomic E-state index is 13.1. The molecule has 0 spiro atoms. The van der Waals surface area contributed by atoms with Crippen molar-refractivity contribution in [2.45, 2.75) is 12.8 Å². The summed E-state index contributed by atoms with van der Waals surface area (Å²) in [4.78, 5) is 11.8. The maximum Gasteiger partial charge on any atom is 0.228 e. The van der Waals surface area contributed by atoms with Gasteiger partial charge in [0.1, 0.15) is 0 Å². The van der Waals surface area contributed by atoms with Crippen LogP contribution in [0.25, 0.3) is 0 Å². The smallest absolute Gasteiger partial charge is 0.228 e. The number of rotatable bonds is 2. The highest BCUT2D eigenvalue weighted by Crippen LogP contribution is 2.20. The van der Waals surface area contributed by atoms with Gasteiger partial charge in [0.05, 0.1) is 5.92 Å². The van der Waals surface area contributed by atoms with Gasteiger partial charge in [0.2, 0.25) is 5.91 Å². The quantitative estimate of drug-likeness (QED) is 0.684. The molecule has 1 fully saturated rings. The van der Waals surface area contributed by atoms with Crippen LogP contribution in [0.15, 0.2) is 18.2 Å². The van der Waals surface area contributed by atoms with Crippen molar-refractivity contribution in [3.05, 3.63) is 24.0 Å². The van der Waals surface area contributed by atoms with Gasteiger partial charge in [-0.15, -0.1) is 0 Å². The third kappa shape index (κ3) is 2.94. The summed E-state index contributed by atoms with van der Waals surface area (Å²) < 4.78 is 13.1.